The Kier molecular flexibility index (Phi) is 6.58. The fourth-order valence-electron chi connectivity index (χ4n) is 4.21. The molecule has 0 saturated heterocycles. The van der Waals surface area contributed by atoms with Gasteiger partial charge in [-0.3, -0.25) is 4.79 Å². The summed E-state index contributed by atoms with van der Waals surface area (Å²) in [6.45, 7) is 0.330. The minimum atomic E-state index is -0.845. The number of nitrogens with two attached hydrogens (primary N) is 1. The standard InChI is InChI=1S/C18H24F2N2O.ClH/c19-15-6-2-3-11(16(15)20)7-8-22-18(23)14-9-12-4-1-5-13(10-14)17(12)21;/h2-3,6,12-14,17H,1,4-5,7-10,21H2,(H,22,23);1H. The normalized spacial score (nSPS) is 28.8. The molecule has 3 rings (SSSR count). The van der Waals surface area contributed by atoms with Gasteiger partial charge in [0.15, 0.2) is 11.6 Å². The van der Waals surface area contributed by atoms with Crippen molar-refractivity contribution in [2.24, 2.45) is 23.5 Å². The number of rotatable bonds is 4. The fourth-order valence-corrected chi connectivity index (χ4v) is 4.21. The summed E-state index contributed by atoms with van der Waals surface area (Å²) in [4.78, 5) is 12.4. The molecule has 3 nitrogen and oxygen atoms in total. The van der Waals surface area contributed by atoms with E-state index in [1.165, 1.54) is 12.5 Å². The number of fused-ring (bicyclic) bond motifs is 2. The zero-order valence-corrected chi connectivity index (χ0v) is 14.5. The van der Waals surface area contributed by atoms with Gasteiger partial charge in [0.1, 0.15) is 0 Å². The van der Waals surface area contributed by atoms with Crippen molar-refractivity contribution in [1.82, 2.24) is 5.32 Å². The smallest absolute Gasteiger partial charge is 0.223 e. The molecule has 2 bridgehead atoms. The molecule has 1 aromatic carbocycles. The van der Waals surface area contributed by atoms with E-state index in [9.17, 15) is 13.6 Å². The van der Waals surface area contributed by atoms with Crippen molar-refractivity contribution < 1.29 is 13.6 Å². The Morgan fingerprint density at radius 1 is 1.21 bits per heavy atom. The number of carbonyl (C=O) groups is 1. The summed E-state index contributed by atoms with van der Waals surface area (Å²) in [5.74, 6) is -0.700. The minimum absolute atomic E-state index is 0. The lowest BCUT2D eigenvalue weighted by atomic mass is 9.65. The molecule has 2 aliphatic rings. The largest absolute Gasteiger partial charge is 0.356 e. The lowest BCUT2D eigenvalue weighted by molar-refractivity contribution is -0.127. The van der Waals surface area contributed by atoms with Crippen molar-refractivity contribution in [3.05, 3.63) is 35.4 Å². The molecule has 134 valence electrons. The van der Waals surface area contributed by atoms with Crippen LogP contribution in [0.5, 0.6) is 0 Å². The van der Waals surface area contributed by atoms with E-state index in [0.29, 0.717) is 30.4 Å². The van der Waals surface area contributed by atoms with E-state index in [0.717, 1.165) is 31.7 Å². The highest BCUT2D eigenvalue weighted by Crippen LogP contribution is 2.41. The van der Waals surface area contributed by atoms with Crippen molar-refractivity contribution in [1.29, 1.82) is 0 Å². The minimum Gasteiger partial charge on any atom is -0.356 e. The lowest BCUT2D eigenvalue weighted by Crippen LogP contribution is -2.49. The molecule has 1 amide bonds. The van der Waals surface area contributed by atoms with E-state index >= 15 is 0 Å². The maximum Gasteiger partial charge on any atom is 0.223 e. The van der Waals surface area contributed by atoms with Crippen LogP contribution in [0.4, 0.5) is 8.78 Å². The van der Waals surface area contributed by atoms with Crippen LogP contribution in [0.3, 0.4) is 0 Å². The van der Waals surface area contributed by atoms with Crippen LogP contribution < -0.4 is 11.1 Å². The Morgan fingerprint density at radius 3 is 2.54 bits per heavy atom. The average molecular weight is 359 g/mol. The van der Waals surface area contributed by atoms with Crippen molar-refractivity contribution in [2.45, 2.75) is 44.6 Å². The molecule has 2 unspecified atom stereocenters. The Hall–Kier alpha value is -1.20. The third-order valence-electron chi connectivity index (χ3n) is 5.51. The van der Waals surface area contributed by atoms with Crippen LogP contribution in [0.2, 0.25) is 0 Å². The fraction of sp³-hybridized carbons (Fsp3) is 0.611. The van der Waals surface area contributed by atoms with Gasteiger partial charge in [0.05, 0.1) is 0 Å². The van der Waals surface area contributed by atoms with Crippen LogP contribution in [0.25, 0.3) is 0 Å². The summed E-state index contributed by atoms with van der Waals surface area (Å²) >= 11 is 0. The predicted molar refractivity (Wildman–Crippen MR) is 91.9 cm³/mol. The highest BCUT2D eigenvalue weighted by molar-refractivity contribution is 5.85. The molecule has 2 aliphatic carbocycles. The van der Waals surface area contributed by atoms with Crippen LogP contribution in [0.15, 0.2) is 18.2 Å². The monoisotopic (exact) mass is 358 g/mol. The summed E-state index contributed by atoms with van der Waals surface area (Å²) in [5, 5.41) is 2.88. The Balaban J connectivity index is 0.00000208. The number of hydrogen-bond acceptors (Lipinski definition) is 2. The van der Waals surface area contributed by atoms with Crippen LogP contribution in [-0.2, 0) is 11.2 Å². The first-order valence-corrected chi connectivity index (χ1v) is 8.52. The first kappa shape index (κ1) is 19.1. The first-order valence-electron chi connectivity index (χ1n) is 8.52. The van der Waals surface area contributed by atoms with Gasteiger partial charge in [-0.15, -0.1) is 12.4 Å². The second-order valence-electron chi connectivity index (χ2n) is 6.95. The molecule has 2 saturated carbocycles. The molecule has 3 N–H and O–H groups in total. The number of benzene rings is 1. The third kappa shape index (κ3) is 4.06. The first-order chi connectivity index (χ1) is 11.1. The van der Waals surface area contributed by atoms with Gasteiger partial charge in [-0.25, -0.2) is 8.78 Å². The summed E-state index contributed by atoms with van der Waals surface area (Å²) in [7, 11) is 0. The van der Waals surface area contributed by atoms with Gasteiger partial charge in [-0.1, -0.05) is 18.6 Å². The van der Waals surface area contributed by atoms with Crippen molar-refractivity contribution in [2.75, 3.05) is 6.54 Å². The summed E-state index contributed by atoms with van der Waals surface area (Å²) in [6, 6.07) is 4.38. The Bertz CT molecular complexity index is 570. The lowest BCUT2D eigenvalue weighted by Gasteiger charge is -2.43. The van der Waals surface area contributed by atoms with Gasteiger partial charge in [-0.05, 0) is 55.6 Å². The van der Waals surface area contributed by atoms with Gasteiger partial charge < -0.3 is 11.1 Å². The molecular formula is C18H25ClF2N2O. The topological polar surface area (TPSA) is 55.1 Å². The summed E-state index contributed by atoms with van der Waals surface area (Å²) in [5.41, 5.74) is 6.54. The molecule has 0 radical (unpaired) electrons. The molecule has 1 aromatic rings. The molecule has 0 spiro atoms. The van der Waals surface area contributed by atoms with Crippen LogP contribution in [-0.4, -0.2) is 18.5 Å². The Labute approximate surface area is 147 Å². The number of halogens is 3. The molecular weight excluding hydrogens is 334 g/mol. The van der Waals surface area contributed by atoms with E-state index in [-0.39, 0.29) is 30.3 Å². The van der Waals surface area contributed by atoms with Gasteiger partial charge in [0.2, 0.25) is 5.91 Å². The second kappa shape index (κ2) is 8.26. The van der Waals surface area contributed by atoms with Crippen LogP contribution in [0.1, 0.15) is 37.7 Å². The van der Waals surface area contributed by atoms with E-state index in [4.69, 9.17) is 5.73 Å². The quantitative estimate of drug-likeness (QED) is 0.868. The highest BCUT2D eigenvalue weighted by atomic mass is 35.5. The highest BCUT2D eigenvalue weighted by Gasteiger charge is 2.40. The van der Waals surface area contributed by atoms with Gasteiger partial charge >= 0.3 is 0 Å². The van der Waals surface area contributed by atoms with Crippen molar-refractivity contribution in [3.8, 4) is 0 Å². The maximum atomic E-state index is 13.6. The van der Waals surface area contributed by atoms with Crippen molar-refractivity contribution in [3.63, 3.8) is 0 Å². The predicted octanol–water partition coefficient (Wildman–Crippen LogP) is 3.20. The SMILES string of the molecule is Cl.NC1C2CCCC1CC(C(=O)NCCc1cccc(F)c1F)C2. The second-order valence-corrected chi connectivity index (χ2v) is 6.95. The molecule has 2 atom stereocenters. The molecule has 0 aromatic heterocycles. The number of carbonyl (C=O) groups excluding carboxylic acids is 1. The molecule has 0 heterocycles. The zero-order chi connectivity index (χ0) is 16.4. The molecule has 2 fully saturated rings. The van der Waals surface area contributed by atoms with E-state index < -0.39 is 11.6 Å². The van der Waals surface area contributed by atoms with E-state index in [1.807, 2.05) is 0 Å². The van der Waals surface area contributed by atoms with Crippen molar-refractivity contribution >= 4 is 18.3 Å². The van der Waals surface area contributed by atoms with Crippen LogP contribution in [0, 0.1) is 29.4 Å². The number of hydrogen-bond donors (Lipinski definition) is 2. The number of nitrogens with one attached hydrogen (secondary N) is 1. The Morgan fingerprint density at radius 2 is 1.88 bits per heavy atom. The molecule has 6 heteroatoms. The molecule has 0 aliphatic heterocycles. The maximum absolute atomic E-state index is 13.6. The third-order valence-corrected chi connectivity index (χ3v) is 5.51. The van der Waals surface area contributed by atoms with Gasteiger partial charge in [0, 0.05) is 18.5 Å². The average Bonchev–Trinajstić information content (AvgIpc) is 2.51. The van der Waals surface area contributed by atoms with E-state index in [1.54, 1.807) is 6.07 Å². The van der Waals surface area contributed by atoms with Gasteiger partial charge in [0.25, 0.3) is 0 Å². The number of amides is 1. The van der Waals surface area contributed by atoms with Crippen LogP contribution >= 0.6 is 12.4 Å². The summed E-state index contributed by atoms with van der Waals surface area (Å²) in [6.07, 6.45) is 5.48. The van der Waals surface area contributed by atoms with Gasteiger partial charge in [-0.2, -0.15) is 0 Å². The summed E-state index contributed by atoms with van der Waals surface area (Å²) < 4.78 is 26.7. The van der Waals surface area contributed by atoms with E-state index in [2.05, 4.69) is 5.32 Å². The zero-order valence-electron chi connectivity index (χ0n) is 13.6. The molecule has 24 heavy (non-hydrogen) atoms.